The Morgan fingerprint density at radius 1 is 0.982 bits per heavy atom. The summed E-state index contributed by atoms with van der Waals surface area (Å²) in [6.45, 7) is 3.99. The number of benzene rings is 2. The third kappa shape index (κ3) is 8.15. The molecule has 4 fully saturated rings. The fraction of sp³-hybridized carbons (Fsp3) is 0.463. The summed E-state index contributed by atoms with van der Waals surface area (Å²) in [5.74, 6) is 1.33. The molecule has 8 rings (SSSR count). The van der Waals surface area contributed by atoms with Gasteiger partial charge >= 0.3 is 6.03 Å². The summed E-state index contributed by atoms with van der Waals surface area (Å²) in [7, 11) is 0. The van der Waals surface area contributed by atoms with Crippen LogP contribution < -0.4 is 25.2 Å². The van der Waals surface area contributed by atoms with Crippen molar-refractivity contribution in [3.8, 4) is 11.8 Å². The van der Waals surface area contributed by atoms with Crippen LogP contribution in [0, 0.1) is 17.2 Å². The molecule has 2 atom stereocenters. The Bertz CT molecular complexity index is 2130. The van der Waals surface area contributed by atoms with Crippen molar-refractivity contribution in [2.24, 2.45) is 5.92 Å². The predicted octanol–water partition coefficient (Wildman–Crippen LogP) is 6.02. The Hall–Kier alpha value is -5.26. The molecular weight excluding hydrogens is 737 g/mol. The van der Waals surface area contributed by atoms with E-state index in [0.717, 1.165) is 87.1 Å². The lowest BCUT2D eigenvalue weighted by atomic mass is 9.92. The minimum Gasteiger partial charge on any atom is -0.490 e. The van der Waals surface area contributed by atoms with E-state index < -0.39 is 12.2 Å². The van der Waals surface area contributed by atoms with Crippen molar-refractivity contribution < 1.29 is 23.5 Å². The number of nitriles is 1. The molecule has 4 aliphatic rings. The number of fused-ring (bicyclic) bond motifs is 1. The number of amides is 4. The maximum absolute atomic E-state index is 15.9. The smallest absolute Gasteiger partial charge is 0.328 e. The highest BCUT2D eigenvalue weighted by Gasteiger charge is 2.34. The molecule has 292 valence electrons. The van der Waals surface area contributed by atoms with Crippen molar-refractivity contribution in [2.45, 2.75) is 75.7 Å². The van der Waals surface area contributed by atoms with Crippen molar-refractivity contribution in [1.82, 2.24) is 30.3 Å². The summed E-state index contributed by atoms with van der Waals surface area (Å²) in [5.41, 5.74) is 2.31. The van der Waals surface area contributed by atoms with Crippen LogP contribution in [0.2, 0.25) is 5.02 Å². The molecule has 56 heavy (non-hydrogen) atoms. The second-order valence-corrected chi connectivity index (χ2v) is 15.8. The minimum absolute atomic E-state index is 0.0171. The summed E-state index contributed by atoms with van der Waals surface area (Å²) in [6.07, 6.45) is 6.91. The maximum atomic E-state index is 15.9. The Labute approximate surface area is 329 Å². The third-order valence-corrected chi connectivity index (χ3v) is 12.1. The number of hydrogen-bond donors (Lipinski definition) is 2. The van der Waals surface area contributed by atoms with Crippen molar-refractivity contribution in [3.05, 3.63) is 77.1 Å². The molecule has 4 amide bonds. The van der Waals surface area contributed by atoms with Crippen LogP contribution in [0.4, 0.5) is 20.7 Å². The van der Waals surface area contributed by atoms with Crippen LogP contribution in [-0.4, -0.2) is 95.1 Å². The highest BCUT2D eigenvalue weighted by atomic mass is 35.5. The van der Waals surface area contributed by atoms with Gasteiger partial charge in [0.15, 0.2) is 11.5 Å². The fourth-order valence-electron chi connectivity index (χ4n) is 8.69. The number of hydrogen-bond acceptors (Lipinski definition) is 9. The third-order valence-electron chi connectivity index (χ3n) is 11.7. The van der Waals surface area contributed by atoms with Gasteiger partial charge in [-0.15, -0.1) is 10.2 Å². The minimum atomic E-state index is -1.03. The zero-order chi connectivity index (χ0) is 38.8. The van der Waals surface area contributed by atoms with E-state index in [1.54, 1.807) is 29.2 Å². The van der Waals surface area contributed by atoms with Crippen LogP contribution in [0.5, 0.6) is 5.75 Å². The zero-order valence-corrected chi connectivity index (χ0v) is 31.8. The highest BCUT2D eigenvalue weighted by molar-refractivity contribution is 6.31. The van der Waals surface area contributed by atoms with Gasteiger partial charge in [-0.2, -0.15) is 5.26 Å². The number of likely N-dealkylation sites (tertiary alicyclic amines) is 1. The van der Waals surface area contributed by atoms with Gasteiger partial charge in [-0.1, -0.05) is 17.7 Å². The number of halogens is 2. The summed E-state index contributed by atoms with van der Waals surface area (Å²) < 4.78 is 24.0. The van der Waals surface area contributed by atoms with E-state index >= 15 is 4.39 Å². The molecule has 1 saturated carbocycles. The monoisotopic (exact) mass is 781 g/mol. The quantitative estimate of drug-likeness (QED) is 0.208. The van der Waals surface area contributed by atoms with Gasteiger partial charge in [0.1, 0.15) is 18.0 Å². The average Bonchev–Trinajstić information content (AvgIpc) is 3.64. The summed E-state index contributed by atoms with van der Waals surface area (Å²) >= 11 is 6.14. The number of carbonyl (C=O) groups is 3. The van der Waals surface area contributed by atoms with Crippen molar-refractivity contribution >= 4 is 51.9 Å². The van der Waals surface area contributed by atoms with E-state index in [9.17, 15) is 14.4 Å². The second-order valence-electron chi connectivity index (χ2n) is 15.3. The highest BCUT2D eigenvalue weighted by Crippen LogP contribution is 2.35. The van der Waals surface area contributed by atoms with Gasteiger partial charge in [-0.25, -0.2) is 9.18 Å². The summed E-state index contributed by atoms with van der Waals surface area (Å²) in [4.78, 5) is 43.3. The normalized spacial score (nSPS) is 23.8. The number of nitrogens with zero attached hydrogens (tertiary/aromatic N) is 7. The van der Waals surface area contributed by atoms with Crippen molar-refractivity contribution in [2.75, 3.05) is 49.1 Å². The number of urea groups is 1. The lowest BCUT2D eigenvalue weighted by Gasteiger charge is -2.39. The second kappa shape index (κ2) is 16.5. The van der Waals surface area contributed by atoms with Crippen LogP contribution in [0.1, 0.15) is 73.5 Å². The van der Waals surface area contributed by atoms with Crippen LogP contribution in [0.15, 0.2) is 60.8 Å². The van der Waals surface area contributed by atoms with Gasteiger partial charge in [-0.3, -0.25) is 19.8 Å². The van der Waals surface area contributed by atoms with E-state index in [4.69, 9.17) is 21.6 Å². The number of carbonyl (C=O) groups excluding carboxylic acids is 3. The maximum Gasteiger partial charge on any atom is 0.328 e. The molecule has 4 aromatic rings. The van der Waals surface area contributed by atoms with Gasteiger partial charge in [-0.05, 0) is 93.3 Å². The molecule has 0 radical (unpaired) electrons. The first kappa shape index (κ1) is 37.7. The Morgan fingerprint density at radius 3 is 2.52 bits per heavy atom. The predicted molar refractivity (Wildman–Crippen MR) is 210 cm³/mol. The van der Waals surface area contributed by atoms with Crippen LogP contribution >= 0.6 is 11.6 Å². The molecule has 3 aliphatic heterocycles. The van der Waals surface area contributed by atoms with E-state index in [1.165, 1.54) is 0 Å². The molecule has 2 N–H and O–H groups in total. The molecular formula is C41H45ClFN9O4. The molecule has 2 aromatic heterocycles. The summed E-state index contributed by atoms with van der Waals surface area (Å²) in [6, 6.07) is 17.7. The first-order chi connectivity index (χ1) is 27.2. The lowest BCUT2D eigenvalue weighted by Crippen LogP contribution is -2.49. The van der Waals surface area contributed by atoms with Crippen molar-refractivity contribution in [1.29, 1.82) is 5.26 Å². The first-order valence-electron chi connectivity index (χ1n) is 19.6. The number of rotatable bonds is 9. The van der Waals surface area contributed by atoms with E-state index in [0.29, 0.717) is 47.5 Å². The van der Waals surface area contributed by atoms with E-state index in [2.05, 4.69) is 36.7 Å². The number of ether oxygens (including phenoxy) is 1. The Balaban J connectivity index is 0.774. The Kier molecular flexibility index (Phi) is 11.1. The number of aromatic nitrogens is 3. The Morgan fingerprint density at radius 2 is 1.80 bits per heavy atom. The number of alkyl halides is 1. The first-order valence-corrected chi connectivity index (χ1v) is 19.9. The molecule has 5 heterocycles. The molecule has 3 saturated heterocycles. The number of piperidine rings is 2. The molecule has 0 unspecified atom stereocenters. The zero-order valence-electron chi connectivity index (χ0n) is 31.1. The van der Waals surface area contributed by atoms with Crippen LogP contribution in [-0.2, 0) is 4.79 Å². The number of nitrogens with one attached hydrogen (secondary N) is 2. The van der Waals surface area contributed by atoms with E-state index in [-0.39, 0.29) is 36.4 Å². The average molecular weight is 782 g/mol. The molecule has 0 bridgehead atoms. The molecule has 15 heteroatoms. The SMILES string of the molecule is N#Cc1ccc(OC2CCC(NC(=O)c3ccc(N4CCC(CN5CC[C@@H](n6ccc7c(N8CCC(=O)NC8=O)cccc76)[C@H](F)C5)CC4)nn3)CC2)cc1Cl. The topological polar surface area (TPSA) is 149 Å². The number of imide groups is 1. The molecule has 13 nitrogen and oxygen atoms in total. The largest absolute Gasteiger partial charge is 0.490 e. The number of anilines is 2. The van der Waals surface area contributed by atoms with Gasteiger partial charge in [0, 0.05) is 69.4 Å². The van der Waals surface area contributed by atoms with Gasteiger partial charge in [0.05, 0.1) is 33.9 Å². The van der Waals surface area contributed by atoms with Crippen molar-refractivity contribution in [3.63, 3.8) is 0 Å². The fourth-order valence-corrected chi connectivity index (χ4v) is 8.90. The van der Waals surface area contributed by atoms with Gasteiger partial charge in [0.2, 0.25) is 5.91 Å². The lowest BCUT2D eigenvalue weighted by molar-refractivity contribution is -0.120. The van der Waals surface area contributed by atoms with Gasteiger partial charge < -0.3 is 24.4 Å². The standard InChI is InChI=1S/C41H45ClFN9O4/c42-32-22-30(7-4-27(32)23-44)56-29-8-5-28(6-9-29)45-40(54)34-10-11-38(48-47-34)50-18-12-26(13-19-50)24-49-17-15-37(33(43)25-49)51-20-14-31-35(51)2-1-3-36(31)52-21-16-39(53)46-41(52)55/h1-4,7,10-11,14,20,22,26,28-29,33,37H,5-6,8-9,12-13,15-19,21,24-25H2,(H,45,54)(H,46,53,55)/t28?,29?,33-,37-/m1/s1. The molecule has 1 aliphatic carbocycles. The van der Waals surface area contributed by atoms with Crippen LogP contribution in [0.3, 0.4) is 0 Å². The van der Waals surface area contributed by atoms with Gasteiger partial charge in [0.25, 0.3) is 5.91 Å². The molecule has 0 spiro atoms. The summed E-state index contributed by atoms with van der Waals surface area (Å²) in [5, 5.41) is 24.5. The van der Waals surface area contributed by atoms with E-state index in [1.807, 2.05) is 41.1 Å². The van der Waals surface area contributed by atoms with Crippen LogP contribution in [0.25, 0.3) is 10.9 Å². The molecule has 2 aromatic carbocycles.